The van der Waals surface area contributed by atoms with Gasteiger partial charge in [0.15, 0.2) is 11.5 Å². The number of nitrogens with one attached hydrogen (secondary N) is 1. The van der Waals surface area contributed by atoms with E-state index in [1.807, 2.05) is 0 Å². The second-order valence-corrected chi connectivity index (χ2v) is 3.99. The number of para-hydroxylation sites is 1. The third-order valence-electron chi connectivity index (χ3n) is 2.65. The van der Waals surface area contributed by atoms with Crippen molar-refractivity contribution in [1.82, 2.24) is 5.32 Å². The summed E-state index contributed by atoms with van der Waals surface area (Å²) < 4.78 is 4.91. The Kier molecular flexibility index (Phi) is 4.99. The van der Waals surface area contributed by atoms with E-state index in [9.17, 15) is 9.90 Å². The number of aromatic hydroxyl groups is 1. The first kappa shape index (κ1) is 14.6. The fourth-order valence-electron chi connectivity index (χ4n) is 1.41. The number of ether oxygens (including phenoxy) is 1. The van der Waals surface area contributed by atoms with Crippen molar-refractivity contribution in [1.29, 1.82) is 0 Å². The Balaban J connectivity index is 2.74. The number of amidine groups is 1. The standard InChI is InChI=1S/C12H17N3O4/c1-7(11(13)15-18)6-14-12(17)8-4-3-5-9(19-2)10(8)16/h3-5,7,16,18H,6H2,1-2H3,(H2,13,15)(H,14,17). The molecule has 104 valence electrons. The molecule has 0 saturated carbocycles. The molecule has 0 fully saturated rings. The van der Waals surface area contributed by atoms with Crippen LogP contribution in [0.1, 0.15) is 17.3 Å². The van der Waals surface area contributed by atoms with E-state index >= 15 is 0 Å². The maximum atomic E-state index is 11.9. The van der Waals surface area contributed by atoms with Crippen LogP contribution < -0.4 is 15.8 Å². The van der Waals surface area contributed by atoms with E-state index in [-0.39, 0.29) is 35.4 Å². The molecule has 1 aromatic carbocycles. The summed E-state index contributed by atoms with van der Waals surface area (Å²) in [6, 6.07) is 4.62. The Hall–Kier alpha value is -2.44. The minimum atomic E-state index is -0.464. The van der Waals surface area contributed by atoms with E-state index in [4.69, 9.17) is 15.7 Å². The van der Waals surface area contributed by atoms with E-state index in [0.29, 0.717) is 0 Å². The molecule has 1 atom stereocenters. The Bertz CT molecular complexity index is 488. The molecule has 1 amide bonds. The maximum Gasteiger partial charge on any atom is 0.255 e. The predicted molar refractivity (Wildman–Crippen MR) is 69.6 cm³/mol. The van der Waals surface area contributed by atoms with Crippen LogP contribution in [0.3, 0.4) is 0 Å². The van der Waals surface area contributed by atoms with Crippen molar-refractivity contribution in [3.63, 3.8) is 0 Å². The van der Waals surface area contributed by atoms with Crippen molar-refractivity contribution >= 4 is 11.7 Å². The van der Waals surface area contributed by atoms with Crippen LogP contribution in [-0.4, -0.2) is 35.7 Å². The zero-order valence-corrected chi connectivity index (χ0v) is 10.8. The van der Waals surface area contributed by atoms with Gasteiger partial charge in [0, 0.05) is 12.5 Å². The molecule has 1 aromatic rings. The first-order valence-corrected chi connectivity index (χ1v) is 5.62. The number of hydrogen-bond acceptors (Lipinski definition) is 5. The summed E-state index contributed by atoms with van der Waals surface area (Å²) in [6.45, 7) is 1.88. The number of amides is 1. The number of phenols is 1. The van der Waals surface area contributed by atoms with Gasteiger partial charge < -0.3 is 26.1 Å². The van der Waals surface area contributed by atoms with Gasteiger partial charge in [0.2, 0.25) is 0 Å². The molecule has 7 heteroatoms. The van der Waals surface area contributed by atoms with Gasteiger partial charge in [0.05, 0.1) is 12.7 Å². The van der Waals surface area contributed by atoms with E-state index in [2.05, 4.69) is 10.5 Å². The van der Waals surface area contributed by atoms with Gasteiger partial charge in [-0.05, 0) is 12.1 Å². The fraction of sp³-hybridized carbons (Fsp3) is 0.333. The predicted octanol–water partition coefficient (Wildman–Crippen LogP) is 0.513. The number of carbonyl (C=O) groups is 1. The summed E-state index contributed by atoms with van der Waals surface area (Å²) >= 11 is 0. The lowest BCUT2D eigenvalue weighted by atomic mass is 10.1. The number of rotatable bonds is 5. The highest BCUT2D eigenvalue weighted by Crippen LogP contribution is 2.29. The Morgan fingerprint density at radius 1 is 1.58 bits per heavy atom. The largest absolute Gasteiger partial charge is 0.504 e. The number of nitrogens with two attached hydrogens (primary N) is 1. The average Bonchev–Trinajstić information content (AvgIpc) is 2.43. The van der Waals surface area contributed by atoms with Gasteiger partial charge in [0.1, 0.15) is 5.84 Å². The van der Waals surface area contributed by atoms with Crippen LogP contribution in [0.4, 0.5) is 0 Å². The number of nitrogens with zero attached hydrogens (tertiary/aromatic N) is 1. The summed E-state index contributed by atoms with van der Waals surface area (Å²) in [7, 11) is 1.40. The second kappa shape index (κ2) is 6.48. The zero-order chi connectivity index (χ0) is 14.4. The van der Waals surface area contributed by atoms with Gasteiger partial charge in [-0.1, -0.05) is 18.1 Å². The van der Waals surface area contributed by atoms with E-state index < -0.39 is 5.91 Å². The SMILES string of the molecule is COc1cccc(C(=O)NCC(C)C(N)=NO)c1O. The van der Waals surface area contributed by atoms with Gasteiger partial charge in [-0.3, -0.25) is 4.79 Å². The molecule has 0 aliphatic rings. The highest BCUT2D eigenvalue weighted by molar-refractivity contribution is 5.97. The lowest BCUT2D eigenvalue weighted by molar-refractivity contribution is 0.0947. The Morgan fingerprint density at radius 3 is 2.84 bits per heavy atom. The highest BCUT2D eigenvalue weighted by atomic mass is 16.5. The number of benzene rings is 1. The smallest absolute Gasteiger partial charge is 0.255 e. The molecule has 1 rings (SSSR count). The molecular formula is C12H17N3O4. The molecule has 7 nitrogen and oxygen atoms in total. The molecule has 0 spiro atoms. The van der Waals surface area contributed by atoms with Gasteiger partial charge in [-0.15, -0.1) is 0 Å². The fourth-order valence-corrected chi connectivity index (χ4v) is 1.41. The Morgan fingerprint density at radius 2 is 2.26 bits per heavy atom. The van der Waals surface area contributed by atoms with Crippen molar-refractivity contribution in [2.24, 2.45) is 16.8 Å². The molecule has 5 N–H and O–H groups in total. The van der Waals surface area contributed by atoms with Gasteiger partial charge in [-0.2, -0.15) is 0 Å². The van der Waals surface area contributed by atoms with Crippen LogP contribution in [0.25, 0.3) is 0 Å². The molecule has 1 unspecified atom stereocenters. The maximum absolute atomic E-state index is 11.9. The Labute approximate surface area is 110 Å². The third kappa shape index (κ3) is 3.51. The zero-order valence-electron chi connectivity index (χ0n) is 10.8. The molecule has 0 aliphatic heterocycles. The number of phenolic OH excluding ortho intramolecular Hbond substituents is 1. The number of oxime groups is 1. The highest BCUT2D eigenvalue weighted by Gasteiger charge is 2.16. The first-order chi connectivity index (χ1) is 9.01. The van der Waals surface area contributed by atoms with Crippen LogP contribution in [0.2, 0.25) is 0 Å². The van der Waals surface area contributed by atoms with Crippen molar-refractivity contribution < 1.29 is 19.8 Å². The average molecular weight is 267 g/mol. The number of hydrogen-bond donors (Lipinski definition) is 4. The van der Waals surface area contributed by atoms with Crippen LogP contribution in [0.15, 0.2) is 23.4 Å². The summed E-state index contributed by atoms with van der Waals surface area (Å²) in [5.74, 6) is -0.762. The molecule has 0 aliphatic carbocycles. The molecule has 0 radical (unpaired) electrons. The minimum absolute atomic E-state index is 0.0233. The van der Waals surface area contributed by atoms with Gasteiger partial charge in [-0.25, -0.2) is 0 Å². The van der Waals surface area contributed by atoms with Crippen molar-refractivity contribution in [3.05, 3.63) is 23.8 Å². The molecule has 0 aromatic heterocycles. The molecule has 0 bridgehead atoms. The van der Waals surface area contributed by atoms with Gasteiger partial charge >= 0.3 is 0 Å². The van der Waals surface area contributed by atoms with Crippen LogP contribution >= 0.6 is 0 Å². The first-order valence-electron chi connectivity index (χ1n) is 5.62. The quantitative estimate of drug-likeness (QED) is 0.268. The van der Waals surface area contributed by atoms with Crippen LogP contribution in [0.5, 0.6) is 11.5 Å². The van der Waals surface area contributed by atoms with Crippen LogP contribution in [-0.2, 0) is 0 Å². The monoisotopic (exact) mass is 267 g/mol. The summed E-state index contributed by atoms with van der Waals surface area (Å²) in [5, 5.41) is 23.7. The summed E-state index contributed by atoms with van der Waals surface area (Å²) in [6.07, 6.45) is 0. The van der Waals surface area contributed by atoms with Crippen molar-refractivity contribution in [2.45, 2.75) is 6.92 Å². The summed E-state index contributed by atoms with van der Waals surface area (Å²) in [5.41, 5.74) is 5.50. The molecule has 0 heterocycles. The minimum Gasteiger partial charge on any atom is -0.504 e. The van der Waals surface area contributed by atoms with E-state index in [1.165, 1.54) is 13.2 Å². The van der Waals surface area contributed by atoms with E-state index in [1.54, 1.807) is 19.1 Å². The molecule has 19 heavy (non-hydrogen) atoms. The number of methoxy groups -OCH3 is 1. The normalized spacial score (nSPS) is 12.8. The molecular weight excluding hydrogens is 250 g/mol. The van der Waals surface area contributed by atoms with Crippen molar-refractivity contribution in [3.8, 4) is 11.5 Å². The summed E-state index contributed by atoms with van der Waals surface area (Å²) in [4.78, 5) is 11.9. The van der Waals surface area contributed by atoms with Crippen LogP contribution in [0, 0.1) is 5.92 Å². The number of carbonyl (C=O) groups excluding carboxylic acids is 1. The molecule has 0 saturated heterocycles. The topological polar surface area (TPSA) is 117 Å². The lowest BCUT2D eigenvalue weighted by Gasteiger charge is -2.12. The third-order valence-corrected chi connectivity index (χ3v) is 2.65. The second-order valence-electron chi connectivity index (χ2n) is 3.99. The lowest BCUT2D eigenvalue weighted by Crippen LogP contribution is -2.34. The van der Waals surface area contributed by atoms with E-state index in [0.717, 1.165) is 0 Å². The van der Waals surface area contributed by atoms with Crippen molar-refractivity contribution in [2.75, 3.05) is 13.7 Å². The van der Waals surface area contributed by atoms with Gasteiger partial charge in [0.25, 0.3) is 5.91 Å².